The summed E-state index contributed by atoms with van der Waals surface area (Å²) in [6.07, 6.45) is 4.36. The van der Waals surface area contributed by atoms with Crippen LogP contribution >= 0.6 is 11.3 Å². The third-order valence-corrected chi connectivity index (χ3v) is 2.73. The lowest BCUT2D eigenvalue weighted by molar-refractivity contribution is 0.112. The summed E-state index contributed by atoms with van der Waals surface area (Å²) >= 11 is 1.56. The number of hydrogen-bond donors (Lipinski definition) is 0. The quantitative estimate of drug-likeness (QED) is 0.680. The first-order valence-corrected chi connectivity index (χ1v) is 4.73. The molecule has 0 aliphatic heterocycles. The number of aldehydes is 1. The van der Waals surface area contributed by atoms with Crippen LogP contribution in [0.3, 0.4) is 0 Å². The summed E-state index contributed by atoms with van der Waals surface area (Å²) in [5.74, 6) is 0. The highest BCUT2D eigenvalue weighted by Gasteiger charge is 2.04. The molecule has 64 valence electrons. The van der Waals surface area contributed by atoms with Crippen molar-refractivity contribution in [3.63, 3.8) is 0 Å². The summed E-state index contributed by atoms with van der Waals surface area (Å²) in [4.78, 5) is 15.6. The Balaban J connectivity index is 2.52. The average Bonchev–Trinajstić information content (AvgIpc) is 2.67. The standard InChI is InChI=1S/C10H7NOS/c12-7-9-3-5-13-10(9)8-2-1-4-11-6-8/h1-7H. The van der Waals surface area contributed by atoms with E-state index in [0.29, 0.717) is 0 Å². The van der Waals surface area contributed by atoms with Gasteiger partial charge in [-0.25, -0.2) is 0 Å². The fourth-order valence-corrected chi connectivity index (χ4v) is 2.00. The number of aromatic nitrogens is 1. The number of nitrogens with zero attached hydrogens (tertiary/aromatic N) is 1. The zero-order chi connectivity index (χ0) is 9.10. The molecular weight excluding hydrogens is 182 g/mol. The predicted octanol–water partition coefficient (Wildman–Crippen LogP) is 2.62. The molecule has 0 amide bonds. The molecule has 0 saturated carbocycles. The number of pyridine rings is 1. The van der Waals surface area contributed by atoms with Crippen LogP contribution in [-0.2, 0) is 0 Å². The van der Waals surface area contributed by atoms with Gasteiger partial charge in [0.15, 0.2) is 6.29 Å². The average molecular weight is 189 g/mol. The molecule has 0 aliphatic carbocycles. The van der Waals surface area contributed by atoms with Crippen LogP contribution in [0.2, 0.25) is 0 Å². The Labute approximate surface area is 79.9 Å². The summed E-state index contributed by atoms with van der Waals surface area (Å²) in [6.45, 7) is 0. The molecule has 0 spiro atoms. The molecule has 2 nitrogen and oxygen atoms in total. The van der Waals surface area contributed by atoms with Crippen LogP contribution < -0.4 is 0 Å². The summed E-state index contributed by atoms with van der Waals surface area (Å²) in [7, 11) is 0. The molecule has 0 fully saturated rings. The van der Waals surface area contributed by atoms with Crippen molar-refractivity contribution in [2.24, 2.45) is 0 Å². The highest BCUT2D eigenvalue weighted by Crippen LogP contribution is 2.27. The molecule has 0 radical (unpaired) electrons. The van der Waals surface area contributed by atoms with Crippen LogP contribution in [0.5, 0.6) is 0 Å². The summed E-state index contributed by atoms with van der Waals surface area (Å²) in [5, 5.41) is 1.91. The first-order chi connectivity index (χ1) is 6.42. The van der Waals surface area contributed by atoms with Crippen LogP contribution in [0.25, 0.3) is 10.4 Å². The molecule has 0 unspecified atom stereocenters. The van der Waals surface area contributed by atoms with Crippen molar-refractivity contribution in [2.45, 2.75) is 0 Å². The van der Waals surface area contributed by atoms with Gasteiger partial charge < -0.3 is 0 Å². The highest BCUT2D eigenvalue weighted by molar-refractivity contribution is 7.14. The molecule has 3 heteroatoms. The number of thiophene rings is 1. The third kappa shape index (κ3) is 1.51. The van der Waals surface area contributed by atoms with Crippen molar-refractivity contribution in [1.82, 2.24) is 4.98 Å². The largest absolute Gasteiger partial charge is 0.298 e. The van der Waals surface area contributed by atoms with E-state index in [0.717, 1.165) is 22.3 Å². The maximum absolute atomic E-state index is 10.6. The zero-order valence-electron chi connectivity index (χ0n) is 6.81. The van der Waals surface area contributed by atoms with Gasteiger partial charge in [-0.2, -0.15) is 0 Å². The number of carbonyl (C=O) groups excluding carboxylic acids is 1. The Bertz CT molecular complexity index is 408. The molecule has 0 atom stereocenters. The lowest BCUT2D eigenvalue weighted by Gasteiger charge is -1.96. The molecule has 13 heavy (non-hydrogen) atoms. The van der Waals surface area contributed by atoms with Gasteiger partial charge in [-0.3, -0.25) is 9.78 Å². The molecule has 2 heterocycles. The van der Waals surface area contributed by atoms with Gasteiger partial charge in [0.25, 0.3) is 0 Å². The van der Waals surface area contributed by atoms with Crippen LogP contribution in [0.15, 0.2) is 36.0 Å². The van der Waals surface area contributed by atoms with Crippen molar-refractivity contribution >= 4 is 17.6 Å². The monoisotopic (exact) mass is 189 g/mol. The van der Waals surface area contributed by atoms with Gasteiger partial charge in [-0.15, -0.1) is 11.3 Å². The molecule has 2 aromatic rings. The molecule has 2 aromatic heterocycles. The fraction of sp³-hybridized carbons (Fsp3) is 0. The van der Waals surface area contributed by atoms with E-state index in [-0.39, 0.29) is 0 Å². The zero-order valence-corrected chi connectivity index (χ0v) is 7.62. The highest BCUT2D eigenvalue weighted by atomic mass is 32.1. The second-order valence-corrected chi connectivity index (χ2v) is 3.48. The maximum atomic E-state index is 10.6. The SMILES string of the molecule is O=Cc1ccsc1-c1cccnc1. The Morgan fingerprint density at radius 3 is 3.00 bits per heavy atom. The minimum Gasteiger partial charge on any atom is -0.298 e. The van der Waals surface area contributed by atoms with E-state index in [1.165, 1.54) is 0 Å². The summed E-state index contributed by atoms with van der Waals surface area (Å²) in [6, 6.07) is 5.63. The van der Waals surface area contributed by atoms with Crippen molar-refractivity contribution in [1.29, 1.82) is 0 Å². The van der Waals surface area contributed by atoms with Crippen molar-refractivity contribution < 1.29 is 4.79 Å². The van der Waals surface area contributed by atoms with Crippen LogP contribution in [0.1, 0.15) is 10.4 Å². The fourth-order valence-electron chi connectivity index (χ4n) is 1.14. The Morgan fingerprint density at radius 1 is 1.38 bits per heavy atom. The molecule has 0 saturated heterocycles. The molecular formula is C10H7NOS. The number of hydrogen-bond acceptors (Lipinski definition) is 3. The first-order valence-electron chi connectivity index (χ1n) is 3.85. The third-order valence-electron chi connectivity index (χ3n) is 1.75. The summed E-state index contributed by atoms with van der Waals surface area (Å²) in [5.41, 5.74) is 1.73. The normalized spacial score (nSPS) is 9.85. The Kier molecular flexibility index (Phi) is 2.19. The van der Waals surface area contributed by atoms with Crippen molar-refractivity contribution in [3.8, 4) is 10.4 Å². The Morgan fingerprint density at radius 2 is 2.31 bits per heavy atom. The second-order valence-electron chi connectivity index (χ2n) is 2.56. The van der Waals surface area contributed by atoms with E-state index in [2.05, 4.69) is 4.98 Å². The van der Waals surface area contributed by atoms with Crippen molar-refractivity contribution in [2.75, 3.05) is 0 Å². The topological polar surface area (TPSA) is 30.0 Å². The van der Waals surface area contributed by atoms with Gasteiger partial charge in [0, 0.05) is 28.4 Å². The lowest BCUT2D eigenvalue weighted by atomic mass is 10.2. The van der Waals surface area contributed by atoms with Gasteiger partial charge in [0.1, 0.15) is 0 Å². The van der Waals surface area contributed by atoms with Gasteiger partial charge in [-0.05, 0) is 17.5 Å². The van der Waals surface area contributed by atoms with Crippen molar-refractivity contribution in [3.05, 3.63) is 41.5 Å². The molecule has 0 aliphatic rings. The maximum Gasteiger partial charge on any atom is 0.151 e. The van der Waals surface area contributed by atoms with Gasteiger partial charge >= 0.3 is 0 Å². The first kappa shape index (κ1) is 8.13. The minimum atomic E-state index is 0.734. The summed E-state index contributed by atoms with van der Waals surface area (Å²) < 4.78 is 0. The number of carbonyl (C=O) groups is 1. The predicted molar refractivity (Wildman–Crippen MR) is 52.9 cm³/mol. The van der Waals surface area contributed by atoms with Gasteiger partial charge in [0.2, 0.25) is 0 Å². The van der Waals surface area contributed by atoms with Gasteiger partial charge in [-0.1, -0.05) is 6.07 Å². The molecule has 0 bridgehead atoms. The van der Waals surface area contributed by atoms with E-state index < -0.39 is 0 Å². The Hall–Kier alpha value is -1.48. The van der Waals surface area contributed by atoms with E-state index in [4.69, 9.17) is 0 Å². The van der Waals surface area contributed by atoms with Gasteiger partial charge in [0.05, 0.1) is 0 Å². The molecule has 2 rings (SSSR count). The van der Waals surface area contributed by atoms with Crippen LogP contribution in [0, 0.1) is 0 Å². The molecule has 0 N–H and O–H groups in total. The lowest BCUT2D eigenvalue weighted by Crippen LogP contribution is -1.80. The van der Waals surface area contributed by atoms with E-state index in [1.54, 1.807) is 23.7 Å². The van der Waals surface area contributed by atoms with Crippen LogP contribution in [0.4, 0.5) is 0 Å². The molecule has 0 aromatic carbocycles. The van der Waals surface area contributed by atoms with E-state index >= 15 is 0 Å². The van der Waals surface area contributed by atoms with Crippen LogP contribution in [-0.4, -0.2) is 11.3 Å². The second kappa shape index (κ2) is 3.49. The number of rotatable bonds is 2. The minimum absolute atomic E-state index is 0.734. The van der Waals surface area contributed by atoms with E-state index in [9.17, 15) is 4.79 Å². The van der Waals surface area contributed by atoms with E-state index in [1.807, 2.05) is 23.6 Å². The smallest absolute Gasteiger partial charge is 0.151 e.